The number of likely N-dealkylation sites (N-methyl/N-ethyl adjacent to an activating group) is 1. The summed E-state index contributed by atoms with van der Waals surface area (Å²) in [6.45, 7) is 3.50. The van der Waals surface area contributed by atoms with Crippen LogP contribution in [0.2, 0.25) is 5.02 Å². The summed E-state index contributed by atoms with van der Waals surface area (Å²) in [6.07, 6.45) is 0.861. The third-order valence-corrected chi connectivity index (χ3v) is 5.31. The lowest BCUT2D eigenvalue weighted by Gasteiger charge is -2.27. The van der Waals surface area contributed by atoms with Crippen molar-refractivity contribution in [1.82, 2.24) is 9.80 Å². The minimum atomic E-state index is -0.718. The van der Waals surface area contributed by atoms with Crippen LogP contribution in [-0.2, 0) is 9.59 Å². The molecule has 1 amide bonds. The van der Waals surface area contributed by atoms with Gasteiger partial charge in [0.25, 0.3) is 11.7 Å². The summed E-state index contributed by atoms with van der Waals surface area (Å²) in [5.41, 5.74) is 1.15. The molecule has 1 heterocycles. The maximum atomic E-state index is 13.0. The fraction of sp³-hybridized carbons (Fsp3) is 0.333. The summed E-state index contributed by atoms with van der Waals surface area (Å²) in [4.78, 5) is 29.4. The first-order valence-electron chi connectivity index (χ1n) is 10.2. The summed E-state index contributed by atoms with van der Waals surface area (Å²) < 4.78 is 5.75. The molecular formula is C24H27ClN2O4. The largest absolute Gasteiger partial charge is 0.507 e. The predicted molar refractivity (Wildman–Crippen MR) is 121 cm³/mol. The van der Waals surface area contributed by atoms with E-state index in [9.17, 15) is 14.7 Å². The summed E-state index contributed by atoms with van der Waals surface area (Å²) in [5.74, 6) is -0.921. The number of aliphatic hydroxyl groups is 1. The Morgan fingerprint density at radius 3 is 2.58 bits per heavy atom. The normalized spacial score (nSPS) is 18.1. The Kier molecular flexibility index (Phi) is 7.36. The van der Waals surface area contributed by atoms with Gasteiger partial charge in [-0.15, -0.1) is 0 Å². The molecule has 1 aliphatic heterocycles. The van der Waals surface area contributed by atoms with E-state index in [2.05, 4.69) is 0 Å². The number of nitrogens with zero attached hydrogens (tertiary/aromatic N) is 2. The van der Waals surface area contributed by atoms with Crippen molar-refractivity contribution >= 4 is 29.1 Å². The average molecular weight is 443 g/mol. The molecule has 164 valence electrons. The highest BCUT2D eigenvalue weighted by Crippen LogP contribution is 2.40. The molecule has 0 radical (unpaired) electrons. The number of aliphatic hydroxyl groups excluding tert-OH is 1. The first-order valence-corrected chi connectivity index (χ1v) is 10.6. The van der Waals surface area contributed by atoms with Crippen LogP contribution < -0.4 is 4.74 Å². The van der Waals surface area contributed by atoms with Crippen molar-refractivity contribution in [3.63, 3.8) is 0 Å². The van der Waals surface area contributed by atoms with E-state index in [0.29, 0.717) is 41.6 Å². The summed E-state index contributed by atoms with van der Waals surface area (Å²) >= 11 is 6.08. The number of hydrogen-bond donors (Lipinski definition) is 1. The van der Waals surface area contributed by atoms with Gasteiger partial charge in [-0.3, -0.25) is 9.59 Å². The first-order chi connectivity index (χ1) is 14.8. The highest BCUT2D eigenvalue weighted by molar-refractivity contribution is 6.46. The van der Waals surface area contributed by atoms with Crippen molar-refractivity contribution in [2.75, 3.05) is 33.8 Å². The van der Waals surface area contributed by atoms with E-state index < -0.39 is 17.7 Å². The molecular weight excluding hydrogens is 416 g/mol. The number of likely N-dealkylation sites (tertiary alicyclic amines) is 1. The van der Waals surface area contributed by atoms with Gasteiger partial charge in [0, 0.05) is 23.7 Å². The van der Waals surface area contributed by atoms with Gasteiger partial charge in [0.15, 0.2) is 0 Å². The lowest BCUT2D eigenvalue weighted by Crippen LogP contribution is -2.35. The van der Waals surface area contributed by atoms with Crippen LogP contribution >= 0.6 is 11.6 Å². The molecule has 2 aromatic rings. The molecule has 31 heavy (non-hydrogen) atoms. The van der Waals surface area contributed by atoms with Gasteiger partial charge >= 0.3 is 0 Å². The molecule has 0 spiro atoms. The minimum Gasteiger partial charge on any atom is -0.507 e. The van der Waals surface area contributed by atoms with Crippen LogP contribution in [0.3, 0.4) is 0 Å². The zero-order chi connectivity index (χ0) is 22.5. The molecule has 1 unspecified atom stereocenters. The Hall–Kier alpha value is -2.83. The average Bonchev–Trinajstić information content (AvgIpc) is 3.00. The highest BCUT2D eigenvalue weighted by atomic mass is 35.5. The van der Waals surface area contributed by atoms with Crippen molar-refractivity contribution in [1.29, 1.82) is 0 Å². The second-order valence-corrected chi connectivity index (χ2v) is 8.16. The second kappa shape index (κ2) is 9.98. The van der Waals surface area contributed by atoms with Crippen LogP contribution in [0.15, 0.2) is 54.1 Å². The number of Topliss-reactive ketones (excluding diaryl/α,β-unsaturated/α-hetero) is 1. The molecule has 0 aliphatic carbocycles. The zero-order valence-electron chi connectivity index (χ0n) is 18.0. The molecule has 1 aliphatic rings. The van der Waals surface area contributed by atoms with E-state index in [1.165, 1.54) is 4.90 Å². The van der Waals surface area contributed by atoms with Gasteiger partial charge in [0.1, 0.15) is 11.5 Å². The molecule has 1 fully saturated rings. The SMILES string of the molecule is CCCOc1cccc(C2/C(=C(/O)c3cccc(Cl)c3)C(=O)C(=O)N2CCN(C)C)c1. The van der Waals surface area contributed by atoms with E-state index in [1.807, 2.05) is 50.2 Å². The number of carbonyl (C=O) groups excluding carboxylic acids is 2. The van der Waals surface area contributed by atoms with Crippen LogP contribution in [-0.4, -0.2) is 60.4 Å². The molecule has 1 saturated heterocycles. The number of hydrogen-bond acceptors (Lipinski definition) is 5. The molecule has 1 N–H and O–H groups in total. The van der Waals surface area contributed by atoms with E-state index in [1.54, 1.807) is 24.3 Å². The van der Waals surface area contributed by atoms with Crippen LogP contribution in [0.4, 0.5) is 0 Å². The number of halogens is 1. The third-order valence-electron chi connectivity index (χ3n) is 5.07. The van der Waals surface area contributed by atoms with Crippen molar-refractivity contribution in [3.8, 4) is 5.75 Å². The monoisotopic (exact) mass is 442 g/mol. The predicted octanol–water partition coefficient (Wildman–Crippen LogP) is 4.11. The topological polar surface area (TPSA) is 70.1 Å². The summed E-state index contributed by atoms with van der Waals surface area (Å²) in [7, 11) is 3.80. The Labute approximate surface area is 187 Å². The van der Waals surface area contributed by atoms with Gasteiger partial charge in [0.2, 0.25) is 0 Å². The van der Waals surface area contributed by atoms with E-state index in [0.717, 1.165) is 6.42 Å². The Morgan fingerprint density at radius 1 is 1.16 bits per heavy atom. The number of rotatable bonds is 8. The maximum absolute atomic E-state index is 13.0. The van der Waals surface area contributed by atoms with Crippen molar-refractivity contribution in [3.05, 3.63) is 70.3 Å². The van der Waals surface area contributed by atoms with Crippen molar-refractivity contribution in [2.24, 2.45) is 0 Å². The smallest absolute Gasteiger partial charge is 0.295 e. The Morgan fingerprint density at radius 2 is 1.90 bits per heavy atom. The number of ether oxygens (including phenoxy) is 1. The number of carbonyl (C=O) groups is 2. The van der Waals surface area contributed by atoms with E-state index in [4.69, 9.17) is 16.3 Å². The third kappa shape index (κ3) is 5.09. The second-order valence-electron chi connectivity index (χ2n) is 7.73. The summed E-state index contributed by atoms with van der Waals surface area (Å²) in [6, 6.07) is 13.2. The van der Waals surface area contributed by atoms with Gasteiger partial charge in [-0.25, -0.2) is 0 Å². The van der Waals surface area contributed by atoms with Gasteiger partial charge in [-0.05, 0) is 50.3 Å². The van der Waals surface area contributed by atoms with Crippen molar-refractivity contribution < 1.29 is 19.4 Å². The van der Waals surface area contributed by atoms with E-state index >= 15 is 0 Å². The van der Waals surface area contributed by atoms with Gasteiger partial charge < -0.3 is 19.6 Å². The molecule has 2 aromatic carbocycles. The molecule has 0 bridgehead atoms. The van der Waals surface area contributed by atoms with Crippen molar-refractivity contribution in [2.45, 2.75) is 19.4 Å². The fourth-order valence-corrected chi connectivity index (χ4v) is 3.74. The first kappa shape index (κ1) is 22.8. The molecule has 0 aromatic heterocycles. The van der Waals surface area contributed by atoms with E-state index in [-0.39, 0.29) is 11.3 Å². The van der Waals surface area contributed by atoms with Crippen LogP contribution in [0.25, 0.3) is 5.76 Å². The van der Waals surface area contributed by atoms with Gasteiger partial charge in [-0.1, -0.05) is 42.8 Å². The summed E-state index contributed by atoms with van der Waals surface area (Å²) in [5, 5.41) is 11.5. The number of amides is 1. The van der Waals surface area contributed by atoms with Crippen LogP contribution in [0.1, 0.15) is 30.5 Å². The number of ketones is 1. The zero-order valence-corrected chi connectivity index (χ0v) is 18.7. The molecule has 7 heteroatoms. The molecule has 1 atom stereocenters. The molecule has 3 rings (SSSR count). The Bertz CT molecular complexity index is 1000. The van der Waals surface area contributed by atoms with Crippen LogP contribution in [0, 0.1) is 0 Å². The molecule has 0 saturated carbocycles. The maximum Gasteiger partial charge on any atom is 0.295 e. The standard InChI is InChI=1S/C24H27ClN2O4/c1-4-13-31-19-10-6-7-16(15-19)21-20(22(28)17-8-5-9-18(25)14-17)23(29)24(30)27(21)12-11-26(2)3/h5-10,14-15,21,28H,4,11-13H2,1-3H3/b22-20-. The minimum absolute atomic E-state index is 0.0543. The quantitative estimate of drug-likeness (QED) is 0.378. The lowest BCUT2D eigenvalue weighted by atomic mass is 9.95. The van der Waals surface area contributed by atoms with Gasteiger partial charge in [0.05, 0.1) is 18.2 Å². The van der Waals surface area contributed by atoms with Crippen LogP contribution in [0.5, 0.6) is 5.75 Å². The number of benzene rings is 2. The fourth-order valence-electron chi connectivity index (χ4n) is 3.55. The highest BCUT2D eigenvalue weighted by Gasteiger charge is 2.46. The lowest BCUT2D eigenvalue weighted by molar-refractivity contribution is -0.140. The Balaban J connectivity index is 2.12. The van der Waals surface area contributed by atoms with Gasteiger partial charge in [-0.2, -0.15) is 0 Å². The molecule has 6 nitrogen and oxygen atoms in total.